The van der Waals surface area contributed by atoms with Gasteiger partial charge in [-0.1, -0.05) is 0 Å². The first-order valence-electron chi connectivity index (χ1n) is 5.00. The number of nitrogens with zero attached hydrogens (tertiary/aromatic N) is 4. The van der Waals surface area contributed by atoms with E-state index in [0.717, 1.165) is 24.9 Å². The van der Waals surface area contributed by atoms with Crippen molar-refractivity contribution in [3.63, 3.8) is 0 Å². The number of anilines is 2. The summed E-state index contributed by atoms with van der Waals surface area (Å²) >= 11 is 5.73. The number of rotatable bonds is 5. The fourth-order valence-electron chi connectivity index (χ4n) is 1.27. The monoisotopic (exact) mass is 228 g/mol. The molecule has 0 saturated heterocycles. The van der Waals surface area contributed by atoms with Gasteiger partial charge in [-0.2, -0.15) is 4.98 Å². The quantitative estimate of drug-likeness (QED) is 0.717. The van der Waals surface area contributed by atoms with Crippen molar-refractivity contribution >= 4 is 23.4 Å². The molecule has 0 N–H and O–H groups in total. The number of halogens is 1. The molecule has 0 aromatic carbocycles. The van der Waals surface area contributed by atoms with E-state index in [9.17, 15) is 0 Å². The van der Waals surface area contributed by atoms with Gasteiger partial charge in [0.2, 0.25) is 5.95 Å². The van der Waals surface area contributed by atoms with Crippen LogP contribution in [0.4, 0.5) is 11.8 Å². The Balaban J connectivity index is 2.87. The first-order chi connectivity index (χ1) is 7.19. The third-order valence-corrected chi connectivity index (χ3v) is 2.26. The van der Waals surface area contributed by atoms with Crippen LogP contribution in [0.3, 0.4) is 0 Å². The maximum absolute atomic E-state index is 5.73. The van der Waals surface area contributed by atoms with E-state index >= 15 is 0 Å². The Hall–Kier alpha value is -1.03. The molecule has 0 spiro atoms. The third kappa shape index (κ3) is 3.23. The van der Waals surface area contributed by atoms with Crippen molar-refractivity contribution in [2.24, 2.45) is 0 Å². The lowest BCUT2D eigenvalue weighted by molar-refractivity contribution is 0.839. The largest absolute Gasteiger partial charge is 0.356 e. The van der Waals surface area contributed by atoms with Crippen molar-refractivity contribution in [3.8, 4) is 0 Å². The highest BCUT2D eigenvalue weighted by Crippen LogP contribution is 2.13. The normalized spacial score (nSPS) is 10.1. The molecule has 4 nitrogen and oxygen atoms in total. The highest BCUT2D eigenvalue weighted by Gasteiger charge is 2.07. The molecule has 0 radical (unpaired) electrons. The summed E-state index contributed by atoms with van der Waals surface area (Å²) in [4.78, 5) is 12.6. The summed E-state index contributed by atoms with van der Waals surface area (Å²) in [6.45, 7) is 3.79. The summed E-state index contributed by atoms with van der Waals surface area (Å²) in [5.74, 6) is 2.26. The fourth-order valence-corrected chi connectivity index (χ4v) is 1.47. The Morgan fingerprint density at radius 3 is 2.67 bits per heavy atom. The second-order valence-corrected chi connectivity index (χ2v) is 3.76. The average molecular weight is 229 g/mol. The van der Waals surface area contributed by atoms with E-state index in [1.165, 1.54) is 0 Å². The van der Waals surface area contributed by atoms with E-state index in [1.807, 2.05) is 25.1 Å². The third-order valence-electron chi connectivity index (χ3n) is 2.09. The standard InChI is InChI=1S/C10H17ClN4/c1-4-15(8-6-11)9-5-7-12-10(13-9)14(2)3/h5,7H,4,6,8H2,1-3H3. The Morgan fingerprint density at radius 1 is 1.40 bits per heavy atom. The van der Waals surface area contributed by atoms with Crippen LogP contribution in [0.15, 0.2) is 12.3 Å². The maximum atomic E-state index is 5.73. The van der Waals surface area contributed by atoms with E-state index in [2.05, 4.69) is 21.8 Å². The van der Waals surface area contributed by atoms with E-state index in [0.29, 0.717) is 5.88 Å². The van der Waals surface area contributed by atoms with Gasteiger partial charge < -0.3 is 9.80 Å². The zero-order valence-corrected chi connectivity index (χ0v) is 10.2. The number of hydrogen-bond donors (Lipinski definition) is 0. The first-order valence-corrected chi connectivity index (χ1v) is 5.53. The summed E-state index contributed by atoms with van der Waals surface area (Å²) in [6, 6.07) is 1.91. The van der Waals surface area contributed by atoms with Gasteiger partial charge in [-0.25, -0.2) is 4.98 Å². The van der Waals surface area contributed by atoms with Crippen LogP contribution in [0.1, 0.15) is 6.92 Å². The van der Waals surface area contributed by atoms with Crippen LogP contribution in [0.2, 0.25) is 0 Å². The van der Waals surface area contributed by atoms with E-state index < -0.39 is 0 Å². The van der Waals surface area contributed by atoms with E-state index in [4.69, 9.17) is 11.6 Å². The molecule has 1 rings (SSSR count). The molecule has 1 aromatic rings. The highest BCUT2D eigenvalue weighted by molar-refractivity contribution is 6.18. The number of hydrogen-bond acceptors (Lipinski definition) is 4. The van der Waals surface area contributed by atoms with Crippen LogP contribution in [0, 0.1) is 0 Å². The van der Waals surface area contributed by atoms with Gasteiger partial charge >= 0.3 is 0 Å². The maximum Gasteiger partial charge on any atom is 0.226 e. The number of alkyl halides is 1. The van der Waals surface area contributed by atoms with Crippen LogP contribution >= 0.6 is 11.6 Å². The summed E-state index contributed by atoms with van der Waals surface area (Å²) in [7, 11) is 3.86. The van der Waals surface area contributed by atoms with E-state index in [-0.39, 0.29) is 0 Å². The van der Waals surface area contributed by atoms with Crippen molar-refractivity contribution in [1.29, 1.82) is 0 Å². The Morgan fingerprint density at radius 2 is 2.13 bits per heavy atom. The van der Waals surface area contributed by atoms with Gasteiger partial charge in [0.25, 0.3) is 0 Å². The Kier molecular flexibility index (Phi) is 4.62. The Labute approximate surface area is 95.9 Å². The minimum Gasteiger partial charge on any atom is -0.356 e. The lowest BCUT2D eigenvalue weighted by Crippen LogP contribution is -2.26. The van der Waals surface area contributed by atoms with Crippen LogP contribution in [0.5, 0.6) is 0 Å². The van der Waals surface area contributed by atoms with Crippen LogP contribution in [-0.2, 0) is 0 Å². The summed E-state index contributed by atoms with van der Waals surface area (Å²) in [5, 5.41) is 0. The fraction of sp³-hybridized carbons (Fsp3) is 0.600. The van der Waals surface area contributed by atoms with Gasteiger partial charge in [0.15, 0.2) is 0 Å². The molecule has 0 amide bonds. The Bertz CT molecular complexity index is 303. The molecule has 0 aliphatic heterocycles. The average Bonchev–Trinajstić information content (AvgIpc) is 2.26. The zero-order chi connectivity index (χ0) is 11.3. The first kappa shape index (κ1) is 12.0. The van der Waals surface area contributed by atoms with Crippen molar-refractivity contribution in [2.45, 2.75) is 6.92 Å². The zero-order valence-electron chi connectivity index (χ0n) is 9.44. The predicted molar refractivity (Wildman–Crippen MR) is 65.0 cm³/mol. The molecule has 0 fully saturated rings. The van der Waals surface area contributed by atoms with Gasteiger partial charge in [0.05, 0.1) is 0 Å². The molecule has 0 aliphatic carbocycles. The molecular weight excluding hydrogens is 212 g/mol. The predicted octanol–water partition coefficient (Wildman–Crippen LogP) is 1.61. The van der Waals surface area contributed by atoms with Crippen molar-refractivity contribution < 1.29 is 0 Å². The SMILES string of the molecule is CCN(CCCl)c1ccnc(N(C)C)n1. The summed E-state index contributed by atoms with van der Waals surface area (Å²) in [6.07, 6.45) is 1.77. The second-order valence-electron chi connectivity index (χ2n) is 3.38. The second kappa shape index (κ2) is 5.75. The molecule has 84 valence electrons. The molecule has 0 aliphatic rings. The van der Waals surface area contributed by atoms with Crippen molar-refractivity contribution in [3.05, 3.63) is 12.3 Å². The van der Waals surface area contributed by atoms with Crippen LogP contribution < -0.4 is 9.80 Å². The van der Waals surface area contributed by atoms with Crippen molar-refractivity contribution in [2.75, 3.05) is 42.9 Å². The van der Waals surface area contributed by atoms with E-state index in [1.54, 1.807) is 6.20 Å². The lowest BCUT2D eigenvalue weighted by Gasteiger charge is -2.21. The summed E-state index contributed by atoms with van der Waals surface area (Å²) < 4.78 is 0. The number of aromatic nitrogens is 2. The molecular formula is C10H17ClN4. The van der Waals surface area contributed by atoms with Crippen molar-refractivity contribution in [1.82, 2.24) is 9.97 Å². The van der Waals surface area contributed by atoms with Gasteiger partial charge in [0, 0.05) is 39.3 Å². The molecule has 15 heavy (non-hydrogen) atoms. The van der Waals surface area contributed by atoms with Crippen LogP contribution in [-0.4, -0.2) is 43.0 Å². The molecule has 0 saturated carbocycles. The molecule has 0 bridgehead atoms. The molecule has 1 heterocycles. The smallest absolute Gasteiger partial charge is 0.226 e. The molecule has 5 heteroatoms. The highest BCUT2D eigenvalue weighted by atomic mass is 35.5. The molecule has 0 unspecified atom stereocenters. The minimum atomic E-state index is 0.606. The van der Waals surface area contributed by atoms with Gasteiger partial charge in [-0.15, -0.1) is 11.6 Å². The topological polar surface area (TPSA) is 32.3 Å². The lowest BCUT2D eigenvalue weighted by atomic mass is 10.4. The minimum absolute atomic E-state index is 0.606. The van der Waals surface area contributed by atoms with Gasteiger partial charge in [0.1, 0.15) is 5.82 Å². The molecule has 1 aromatic heterocycles. The molecule has 0 atom stereocenters. The van der Waals surface area contributed by atoms with Crippen LogP contribution in [0.25, 0.3) is 0 Å². The summed E-state index contributed by atoms with van der Waals surface area (Å²) in [5.41, 5.74) is 0. The van der Waals surface area contributed by atoms with Gasteiger partial charge in [-0.05, 0) is 13.0 Å². The van der Waals surface area contributed by atoms with Gasteiger partial charge in [-0.3, -0.25) is 0 Å².